The van der Waals surface area contributed by atoms with Gasteiger partial charge in [-0.15, -0.1) is 0 Å². The smallest absolute Gasteiger partial charge is 0.258 e. The minimum absolute atomic E-state index is 0.214. The standard InChI is InChI=1S/C10H10N4O/c11-8-2-1-3-9(4-8)14-10(15)7-5-12-13-6-7/h1-6H,11H2,(H,12,13)(H,14,15). The van der Waals surface area contributed by atoms with Gasteiger partial charge in [-0.3, -0.25) is 9.89 Å². The summed E-state index contributed by atoms with van der Waals surface area (Å²) in [4.78, 5) is 11.6. The number of aromatic amines is 1. The summed E-state index contributed by atoms with van der Waals surface area (Å²) in [5.41, 5.74) is 7.35. The monoisotopic (exact) mass is 202 g/mol. The molecular formula is C10H10N4O. The number of hydrogen-bond acceptors (Lipinski definition) is 3. The van der Waals surface area contributed by atoms with Crippen molar-refractivity contribution in [3.8, 4) is 0 Å². The maximum absolute atomic E-state index is 11.6. The number of anilines is 2. The summed E-state index contributed by atoms with van der Waals surface area (Å²) >= 11 is 0. The Morgan fingerprint density at radius 2 is 2.33 bits per heavy atom. The summed E-state index contributed by atoms with van der Waals surface area (Å²) in [6.45, 7) is 0. The summed E-state index contributed by atoms with van der Waals surface area (Å²) in [5.74, 6) is -0.214. The van der Waals surface area contributed by atoms with Crippen molar-refractivity contribution in [3.05, 3.63) is 42.2 Å². The van der Waals surface area contributed by atoms with Gasteiger partial charge in [-0.05, 0) is 18.2 Å². The van der Waals surface area contributed by atoms with Crippen molar-refractivity contribution in [2.75, 3.05) is 11.1 Å². The molecule has 5 heteroatoms. The van der Waals surface area contributed by atoms with Crippen LogP contribution < -0.4 is 11.1 Å². The molecular weight excluding hydrogens is 192 g/mol. The number of carbonyl (C=O) groups excluding carboxylic acids is 1. The molecule has 15 heavy (non-hydrogen) atoms. The molecule has 1 aromatic carbocycles. The van der Waals surface area contributed by atoms with Crippen LogP contribution in [0, 0.1) is 0 Å². The van der Waals surface area contributed by atoms with E-state index >= 15 is 0 Å². The van der Waals surface area contributed by atoms with Crippen LogP contribution in [-0.4, -0.2) is 16.1 Å². The molecule has 0 radical (unpaired) electrons. The number of H-pyrrole nitrogens is 1. The van der Waals surface area contributed by atoms with Crippen LogP contribution in [0.5, 0.6) is 0 Å². The maximum Gasteiger partial charge on any atom is 0.258 e. The molecule has 1 amide bonds. The van der Waals surface area contributed by atoms with E-state index in [-0.39, 0.29) is 5.91 Å². The van der Waals surface area contributed by atoms with Gasteiger partial charge in [-0.1, -0.05) is 6.07 Å². The topological polar surface area (TPSA) is 83.8 Å². The van der Waals surface area contributed by atoms with Gasteiger partial charge in [0.05, 0.1) is 11.8 Å². The second-order valence-corrected chi connectivity index (χ2v) is 3.07. The summed E-state index contributed by atoms with van der Waals surface area (Å²) in [6, 6.07) is 7.00. The Hall–Kier alpha value is -2.30. The van der Waals surface area contributed by atoms with Crippen LogP contribution in [0.1, 0.15) is 10.4 Å². The van der Waals surface area contributed by atoms with Crippen molar-refractivity contribution in [1.82, 2.24) is 10.2 Å². The number of benzene rings is 1. The van der Waals surface area contributed by atoms with Gasteiger partial charge in [0.25, 0.3) is 5.91 Å². The third-order valence-electron chi connectivity index (χ3n) is 1.90. The number of amides is 1. The third kappa shape index (κ3) is 2.14. The second kappa shape index (κ2) is 3.83. The molecule has 2 aromatic rings. The van der Waals surface area contributed by atoms with Gasteiger partial charge in [-0.2, -0.15) is 5.10 Å². The van der Waals surface area contributed by atoms with Crippen molar-refractivity contribution >= 4 is 17.3 Å². The number of rotatable bonds is 2. The van der Waals surface area contributed by atoms with E-state index < -0.39 is 0 Å². The normalized spacial score (nSPS) is 9.87. The molecule has 1 aromatic heterocycles. The average Bonchev–Trinajstić information content (AvgIpc) is 2.70. The number of nitrogen functional groups attached to an aromatic ring is 1. The number of aromatic nitrogens is 2. The van der Waals surface area contributed by atoms with Crippen molar-refractivity contribution in [3.63, 3.8) is 0 Å². The Bertz CT molecular complexity index is 464. The SMILES string of the molecule is Nc1cccc(NC(=O)c2cn[nH]c2)c1. The molecule has 0 spiro atoms. The van der Waals surface area contributed by atoms with Gasteiger partial charge in [-0.25, -0.2) is 0 Å². The first-order valence-electron chi connectivity index (χ1n) is 4.41. The van der Waals surface area contributed by atoms with Crippen molar-refractivity contribution in [2.45, 2.75) is 0 Å². The van der Waals surface area contributed by atoms with E-state index in [1.807, 2.05) is 0 Å². The summed E-state index contributed by atoms with van der Waals surface area (Å²) in [7, 11) is 0. The maximum atomic E-state index is 11.6. The zero-order valence-electron chi connectivity index (χ0n) is 7.90. The van der Waals surface area contributed by atoms with Crippen LogP contribution in [0.15, 0.2) is 36.7 Å². The second-order valence-electron chi connectivity index (χ2n) is 3.07. The zero-order valence-corrected chi connectivity index (χ0v) is 7.90. The predicted octanol–water partition coefficient (Wildman–Crippen LogP) is 1.24. The van der Waals surface area contributed by atoms with Crippen molar-refractivity contribution in [2.24, 2.45) is 0 Å². The lowest BCUT2D eigenvalue weighted by molar-refractivity contribution is 0.102. The van der Waals surface area contributed by atoms with Crippen molar-refractivity contribution in [1.29, 1.82) is 0 Å². The summed E-state index contributed by atoms with van der Waals surface area (Å²) < 4.78 is 0. The average molecular weight is 202 g/mol. The molecule has 1 heterocycles. The number of hydrogen-bond donors (Lipinski definition) is 3. The largest absolute Gasteiger partial charge is 0.399 e. The van der Waals surface area contributed by atoms with E-state index in [0.717, 1.165) is 0 Å². The molecule has 0 aliphatic carbocycles. The lowest BCUT2D eigenvalue weighted by Crippen LogP contribution is -2.10. The number of nitrogens with one attached hydrogen (secondary N) is 2. The van der Waals surface area contributed by atoms with Gasteiger partial charge in [0, 0.05) is 17.6 Å². The minimum Gasteiger partial charge on any atom is -0.399 e. The first-order chi connectivity index (χ1) is 7.25. The Balaban J connectivity index is 2.13. The molecule has 0 atom stereocenters. The number of nitrogens with two attached hydrogens (primary N) is 1. The molecule has 0 aliphatic rings. The Labute approximate surface area is 86.3 Å². The van der Waals surface area contributed by atoms with E-state index in [1.54, 1.807) is 24.3 Å². The fourth-order valence-corrected chi connectivity index (χ4v) is 1.19. The highest BCUT2D eigenvalue weighted by Gasteiger charge is 2.06. The van der Waals surface area contributed by atoms with Gasteiger partial charge < -0.3 is 11.1 Å². The first kappa shape index (κ1) is 9.26. The number of carbonyl (C=O) groups is 1. The van der Waals surface area contributed by atoms with Crippen LogP contribution in [0.2, 0.25) is 0 Å². The third-order valence-corrected chi connectivity index (χ3v) is 1.90. The highest BCUT2D eigenvalue weighted by molar-refractivity contribution is 6.04. The Kier molecular flexibility index (Phi) is 2.37. The molecule has 76 valence electrons. The van der Waals surface area contributed by atoms with Crippen LogP contribution in [-0.2, 0) is 0 Å². The van der Waals surface area contributed by atoms with E-state index in [9.17, 15) is 4.79 Å². The molecule has 0 saturated carbocycles. The predicted molar refractivity (Wildman–Crippen MR) is 57.4 cm³/mol. The molecule has 0 unspecified atom stereocenters. The molecule has 0 aliphatic heterocycles. The van der Waals surface area contributed by atoms with E-state index in [2.05, 4.69) is 15.5 Å². The van der Waals surface area contributed by atoms with Gasteiger partial charge in [0.15, 0.2) is 0 Å². The lowest BCUT2D eigenvalue weighted by Gasteiger charge is -2.03. The molecule has 0 saturated heterocycles. The molecule has 4 N–H and O–H groups in total. The Morgan fingerprint density at radius 3 is 3.00 bits per heavy atom. The highest BCUT2D eigenvalue weighted by atomic mass is 16.1. The summed E-state index contributed by atoms with van der Waals surface area (Å²) in [6.07, 6.45) is 2.99. The molecule has 2 rings (SSSR count). The highest BCUT2D eigenvalue weighted by Crippen LogP contribution is 2.12. The van der Waals surface area contributed by atoms with E-state index in [4.69, 9.17) is 5.73 Å². The van der Waals surface area contributed by atoms with Gasteiger partial charge in [0.1, 0.15) is 0 Å². The van der Waals surface area contributed by atoms with Crippen molar-refractivity contribution < 1.29 is 4.79 Å². The lowest BCUT2D eigenvalue weighted by atomic mass is 10.2. The fourth-order valence-electron chi connectivity index (χ4n) is 1.19. The number of nitrogens with zero attached hydrogens (tertiary/aromatic N) is 1. The van der Waals surface area contributed by atoms with Crippen LogP contribution in [0.3, 0.4) is 0 Å². The van der Waals surface area contributed by atoms with Crippen LogP contribution in [0.4, 0.5) is 11.4 Å². The zero-order chi connectivity index (χ0) is 10.7. The summed E-state index contributed by atoms with van der Waals surface area (Å²) in [5, 5.41) is 8.97. The van der Waals surface area contributed by atoms with Gasteiger partial charge in [0.2, 0.25) is 0 Å². The first-order valence-corrected chi connectivity index (χ1v) is 4.41. The van der Waals surface area contributed by atoms with Crippen LogP contribution >= 0.6 is 0 Å². The minimum atomic E-state index is -0.214. The van der Waals surface area contributed by atoms with Crippen LogP contribution in [0.25, 0.3) is 0 Å². The van der Waals surface area contributed by atoms with Gasteiger partial charge >= 0.3 is 0 Å². The molecule has 0 bridgehead atoms. The van der Waals surface area contributed by atoms with E-state index in [0.29, 0.717) is 16.9 Å². The fraction of sp³-hybridized carbons (Fsp3) is 0. The Morgan fingerprint density at radius 1 is 1.47 bits per heavy atom. The molecule has 5 nitrogen and oxygen atoms in total. The molecule has 0 fully saturated rings. The van der Waals surface area contributed by atoms with E-state index in [1.165, 1.54) is 12.4 Å². The quantitative estimate of drug-likeness (QED) is 0.640.